The van der Waals surface area contributed by atoms with Crippen LogP contribution in [0, 0.1) is 0 Å². The van der Waals surface area contributed by atoms with Gasteiger partial charge < -0.3 is 9.32 Å². The Morgan fingerprint density at radius 3 is 3.00 bits per heavy atom. The standard InChI is InChI=1S/C10H11BrClNO2/c11-9-4-3-8(15-9)10(14)13-5-1-2-7(12)6-13/h3-4,7H,1-2,5-6H2. The lowest BCUT2D eigenvalue weighted by molar-refractivity contribution is 0.0693. The number of likely N-dealkylation sites (tertiary alicyclic amines) is 1. The van der Waals surface area contributed by atoms with Crippen molar-refractivity contribution >= 4 is 33.4 Å². The van der Waals surface area contributed by atoms with Crippen molar-refractivity contribution < 1.29 is 9.21 Å². The fraction of sp³-hybridized carbons (Fsp3) is 0.500. The van der Waals surface area contributed by atoms with Gasteiger partial charge in [-0.15, -0.1) is 11.6 Å². The maximum absolute atomic E-state index is 11.9. The molecule has 1 aliphatic rings. The zero-order valence-electron chi connectivity index (χ0n) is 8.08. The molecule has 0 bridgehead atoms. The topological polar surface area (TPSA) is 33.5 Å². The normalized spacial score (nSPS) is 21.7. The van der Waals surface area contributed by atoms with E-state index in [9.17, 15) is 4.79 Å². The van der Waals surface area contributed by atoms with Crippen LogP contribution in [0.4, 0.5) is 0 Å². The third kappa shape index (κ3) is 2.55. The van der Waals surface area contributed by atoms with Gasteiger partial charge in [0, 0.05) is 13.1 Å². The van der Waals surface area contributed by atoms with Gasteiger partial charge in [-0.25, -0.2) is 0 Å². The van der Waals surface area contributed by atoms with Crippen molar-refractivity contribution in [2.24, 2.45) is 0 Å². The Kier molecular flexibility index (Phi) is 3.36. The summed E-state index contributed by atoms with van der Waals surface area (Å²) in [4.78, 5) is 13.7. The summed E-state index contributed by atoms with van der Waals surface area (Å²) in [5.74, 6) is 0.290. The molecule has 0 aliphatic carbocycles. The number of rotatable bonds is 1. The maximum Gasteiger partial charge on any atom is 0.289 e. The molecule has 1 fully saturated rings. The highest BCUT2D eigenvalue weighted by Crippen LogP contribution is 2.20. The quantitative estimate of drug-likeness (QED) is 0.746. The number of nitrogens with zero attached hydrogens (tertiary/aromatic N) is 1. The van der Waals surface area contributed by atoms with Gasteiger partial charge in [0.1, 0.15) is 0 Å². The van der Waals surface area contributed by atoms with Crippen LogP contribution in [0.25, 0.3) is 0 Å². The molecule has 1 unspecified atom stereocenters. The molecular formula is C10H11BrClNO2. The van der Waals surface area contributed by atoms with Crippen molar-refractivity contribution in [2.45, 2.75) is 18.2 Å². The Balaban J connectivity index is 2.07. The van der Waals surface area contributed by atoms with Gasteiger partial charge >= 0.3 is 0 Å². The molecule has 0 aromatic carbocycles. The molecule has 0 saturated carbocycles. The summed E-state index contributed by atoms with van der Waals surface area (Å²) in [5.41, 5.74) is 0. The molecule has 1 atom stereocenters. The first kappa shape index (κ1) is 11.0. The van der Waals surface area contributed by atoms with Gasteiger partial charge in [0.05, 0.1) is 5.38 Å². The minimum Gasteiger partial charge on any atom is -0.444 e. The molecule has 0 radical (unpaired) electrons. The molecular weight excluding hydrogens is 281 g/mol. The summed E-state index contributed by atoms with van der Waals surface area (Å²) in [5, 5.41) is 0.0705. The van der Waals surface area contributed by atoms with Crippen molar-refractivity contribution in [3.05, 3.63) is 22.6 Å². The number of piperidine rings is 1. The summed E-state index contributed by atoms with van der Waals surface area (Å²) in [6, 6.07) is 3.39. The Morgan fingerprint density at radius 2 is 2.40 bits per heavy atom. The van der Waals surface area contributed by atoms with Crippen LogP contribution < -0.4 is 0 Å². The molecule has 5 heteroatoms. The maximum atomic E-state index is 11.9. The van der Waals surface area contributed by atoms with E-state index in [1.807, 2.05) is 0 Å². The second-order valence-electron chi connectivity index (χ2n) is 3.59. The minimum atomic E-state index is -0.0777. The average Bonchev–Trinajstić information content (AvgIpc) is 2.64. The monoisotopic (exact) mass is 291 g/mol. The average molecular weight is 293 g/mol. The number of hydrogen-bond acceptors (Lipinski definition) is 2. The second kappa shape index (κ2) is 4.58. The summed E-state index contributed by atoms with van der Waals surface area (Å²) in [6.45, 7) is 1.37. The molecule has 2 heterocycles. The third-order valence-electron chi connectivity index (χ3n) is 2.44. The Labute approximate surface area is 102 Å². The highest BCUT2D eigenvalue weighted by Gasteiger charge is 2.24. The smallest absolute Gasteiger partial charge is 0.289 e. The van der Waals surface area contributed by atoms with Crippen LogP contribution in [0.1, 0.15) is 23.4 Å². The van der Waals surface area contributed by atoms with E-state index in [-0.39, 0.29) is 11.3 Å². The number of carbonyl (C=O) groups is 1. The van der Waals surface area contributed by atoms with Crippen LogP contribution in [0.3, 0.4) is 0 Å². The first-order valence-corrected chi connectivity index (χ1v) is 6.08. The largest absolute Gasteiger partial charge is 0.444 e. The van der Waals surface area contributed by atoms with E-state index >= 15 is 0 Å². The lowest BCUT2D eigenvalue weighted by Gasteiger charge is -2.28. The van der Waals surface area contributed by atoms with E-state index in [2.05, 4.69) is 15.9 Å². The first-order chi connectivity index (χ1) is 7.16. The first-order valence-electron chi connectivity index (χ1n) is 4.85. The van der Waals surface area contributed by atoms with Gasteiger partial charge in [0.15, 0.2) is 10.4 Å². The van der Waals surface area contributed by atoms with Crippen molar-refractivity contribution in [3.63, 3.8) is 0 Å². The Morgan fingerprint density at radius 1 is 1.60 bits per heavy atom. The third-order valence-corrected chi connectivity index (χ3v) is 3.22. The fourth-order valence-electron chi connectivity index (χ4n) is 1.69. The number of carbonyl (C=O) groups excluding carboxylic acids is 1. The molecule has 3 nitrogen and oxygen atoms in total. The van der Waals surface area contributed by atoms with Gasteiger partial charge in [-0.05, 0) is 40.9 Å². The van der Waals surface area contributed by atoms with Crippen LogP contribution in [0.15, 0.2) is 21.2 Å². The fourth-order valence-corrected chi connectivity index (χ4v) is 2.32. The van der Waals surface area contributed by atoms with Crippen molar-refractivity contribution in [1.29, 1.82) is 0 Å². The number of alkyl halides is 1. The van der Waals surface area contributed by atoms with Crippen LogP contribution in [-0.4, -0.2) is 29.3 Å². The summed E-state index contributed by atoms with van der Waals surface area (Å²) < 4.78 is 5.79. The van der Waals surface area contributed by atoms with Gasteiger partial charge in [-0.1, -0.05) is 0 Å². The van der Waals surface area contributed by atoms with Crippen molar-refractivity contribution in [3.8, 4) is 0 Å². The Hall–Kier alpha value is -0.480. The van der Waals surface area contributed by atoms with Gasteiger partial charge in [-0.2, -0.15) is 0 Å². The van der Waals surface area contributed by atoms with E-state index in [4.69, 9.17) is 16.0 Å². The lowest BCUT2D eigenvalue weighted by Crippen LogP contribution is -2.40. The lowest BCUT2D eigenvalue weighted by atomic mass is 10.1. The van der Waals surface area contributed by atoms with Crippen molar-refractivity contribution in [1.82, 2.24) is 4.90 Å². The zero-order valence-corrected chi connectivity index (χ0v) is 10.4. The zero-order chi connectivity index (χ0) is 10.8. The molecule has 15 heavy (non-hydrogen) atoms. The number of hydrogen-bond donors (Lipinski definition) is 0. The van der Waals surface area contributed by atoms with E-state index in [0.717, 1.165) is 19.4 Å². The molecule has 2 rings (SSSR count). The molecule has 0 N–H and O–H groups in total. The summed E-state index contributed by atoms with van der Waals surface area (Å²) >= 11 is 9.19. The van der Waals surface area contributed by atoms with E-state index < -0.39 is 0 Å². The van der Waals surface area contributed by atoms with E-state index in [0.29, 0.717) is 17.0 Å². The van der Waals surface area contributed by atoms with Gasteiger partial charge in [0.25, 0.3) is 5.91 Å². The van der Waals surface area contributed by atoms with E-state index in [1.165, 1.54) is 0 Å². The van der Waals surface area contributed by atoms with Crippen LogP contribution in [0.2, 0.25) is 0 Å². The summed E-state index contributed by atoms with van der Waals surface area (Å²) in [7, 11) is 0. The van der Waals surface area contributed by atoms with Crippen molar-refractivity contribution in [2.75, 3.05) is 13.1 Å². The SMILES string of the molecule is O=C(c1ccc(Br)o1)N1CCCC(Cl)C1. The summed E-state index contributed by atoms with van der Waals surface area (Å²) in [6.07, 6.45) is 1.94. The molecule has 82 valence electrons. The molecule has 1 aliphatic heterocycles. The molecule has 1 amide bonds. The van der Waals surface area contributed by atoms with Crippen LogP contribution >= 0.6 is 27.5 Å². The number of furan rings is 1. The van der Waals surface area contributed by atoms with E-state index in [1.54, 1.807) is 17.0 Å². The molecule has 1 aromatic heterocycles. The Bertz CT molecular complexity index is 366. The number of amides is 1. The second-order valence-corrected chi connectivity index (χ2v) is 4.99. The highest BCUT2D eigenvalue weighted by atomic mass is 79.9. The van der Waals surface area contributed by atoms with Gasteiger partial charge in [0.2, 0.25) is 0 Å². The van der Waals surface area contributed by atoms with Gasteiger partial charge in [-0.3, -0.25) is 4.79 Å². The van der Waals surface area contributed by atoms with Crippen LogP contribution in [0.5, 0.6) is 0 Å². The predicted molar refractivity (Wildman–Crippen MR) is 61.2 cm³/mol. The molecule has 0 spiro atoms. The van der Waals surface area contributed by atoms with Crippen LogP contribution in [-0.2, 0) is 0 Å². The number of halogens is 2. The molecule has 1 saturated heterocycles. The highest BCUT2D eigenvalue weighted by molar-refractivity contribution is 9.10. The predicted octanol–water partition coefficient (Wildman–Crippen LogP) is 2.89. The minimum absolute atomic E-state index is 0.0705. The molecule has 1 aromatic rings.